The lowest BCUT2D eigenvalue weighted by Crippen LogP contribution is -2.19. The monoisotopic (exact) mass is 408 g/mol. The molecule has 150 valence electrons. The predicted molar refractivity (Wildman–Crippen MR) is 118 cm³/mol. The maximum Gasteiger partial charge on any atom is 0.257 e. The molecule has 0 atom stereocenters. The van der Waals surface area contributed by atoms with E-state index >= 15 is 0 Å². The van der Waals surface area contributed by atoms with Crippen LogP contribution in [0.3, 0.4) is 0 Å². The Labute approximate surface area is 174 Å². The molecule has 0 bridgehead atoms. The molecule has 29 heavy (non-hydrogen) atoms. The highest BCUT2D eigenvalue weighted by Gasteiger charge is 2.14. The van der Waals surface area contributed by atoms with E-state index in [1.807, 2.05) is 37.3 Å². The van der Waals surface area contributed by atoms with Gasteiger partial charge in [0.2, 0.25) is 5.91 Å². The van der Waals surface area contributed by atoms with Crippen LogP contribution in [0.25, 0.3) is 0 Å². The van der Waals surface area contributed by atoms with Gasteiger partial charge in [0.05, 0.1) is 12.1 Å². The summed E-state index contributed by atoms with van der Waals surface area (Å²) in [7, 11) is 1.60. The molecule has 0 fully saturated rings. The number of carbonyl (C=O) groups excluding carboxylic acids is 2. The Morgan fingerprint density at radius 3 is 2.45 bits per heavy atom. The lowest BCUT2D eigenvalue weighted by atomic mass is 10.1. The number of nitrogens with one attached hydrogen (secondary N) is 3. The van der Waals surface area contributed by atoms with E-state index in [0.717, 1.165) is 21.8 Å². The van der Waals surface area contributed by atoms with Gasteiger partial charge in [-0.15, -0.1) is 11.3 Å². The van der Waals surface area contributed by atoms with Crippen molar-refractivity contribution in [2.24, 2.45) is 0 Å². The Kier molecular flexibility index (Phi) is 6.61. The molecule has 0 saturated heterocycles. The highest BCUT2D eigenvalue weighted by atomic mass is 32.1. The van der Waals surface area contributed by atoms with Gasteiger partial charge in [0.25, 0.3) is 5.91 Å². The Morgan fingerprint density at radius 1 is 1.03 bits per heavy atom. The number of para-hydroxylation sites is 1. The van der Waals surface area contributed by atoms with Crippen molar-refractivity contribution >= 4 is 34.0 Å². The maximum absolute atomic E-state index is 12.5. The molecule has 0 aliphatic heterocycles. The summed E-state index contributed by atoms with van der Waals surface area (Å²) in [6.45, 7) is 4.58. The molecule has 3 aromatic rings. The van der Waals surface area contributed by atoms with E-state index in [0.29, 0.717) is 17.2 Å². The van der Waals surface area contributed by atoms with Gasteiger partial charge in [-0.1, -0.05) is 30.3 Å². The number of hydrogen-bond acceptors (Lipinski definition) is 5. The van der Waals surface area contributed by atoms with Crippen molar-refractivity contribution in [1.82, 2.24) is 10.3 Å². The Morgan fingerprint density at radius 2 is 1.76 bits per heavy atom. The van der Waals surface area contributed by atoms with Crippen molar-refractivity contribution in [1.29, 1.82) is 0 Å². The number of aryl methyl sites for hydroxylation is 2. The quantitative estimate of drug-likeness (QED) is 0.553. The minimum absolute atomic E-state index is 0.0791. The van der Waals surface area contributed by atoms with Crippen LogP contribution in [0, 0.1) is 13.8 Å². The molecular weight excluding hydrogens is 384 g/mol. The molecule has 3 N–H and O–H groups in total. The van der Waals surface area contributed by atoms with Gasteiger partial charge in [0, 0.05) is 29.7 Å². The van der Waals surface area contributed by atoms with E-state index in [-0.39, 0.29) is 18.2 Å². The topological polar surface area (TPSA) is 83.1 Å². The van der Waals surface area contributed by atoms with E-state index in [1.165, 1.54) is 16.9 Å². The van der Waals surface area contributed by atoms with Gasteiger partial charge in [-0.25, -0.2) is 4.98 Å². The van der Waals surface area contributed by atoms with Gasteiger partial charge >= 0.3 is 0 Å². The Hall–Kier alpha value is -3.19. The summed E-state index contributed by atoms with van der Waals surface area (Å²) < 4.78 is 0. The van der Waals surface area contributed by atoms with Crippen LogP contribution in [-0.4, -0.2) is 23.8 Å². The van der Waals surface area contributed by atoms with Crippen LogP contribution in [0.2, 0.25) is 0 Å². The molecule has 0 spiro atoms. The lowest BCUT2D eigenvalue weighted by Gasteiger charge is -2.09. The number of benzene rings is 2. The van der Waals surface area contributed by atoms with E-state index < -0.39 is 0 Å². The molecule has 0 aliphatic carbocycles. The number of hydrogen-bond donors (Lipinski definition) is 3. The van der Waals surface area contributed by atoms with Gasteiger partial charge in [-0.2, -0.15) is 0 Å². The number of anilines is 2. The molecule has 2 aromatic carbocycles. The second-order valence-corrected chi connectivity index (χ2v) is 7.78. The Balaban J connectivity index is 1.60. The van der Waals surface area contributed by atoms with Crippen molar-refractivity contribution < 1.29 is 9.59 Å². The number of thiazole rings is 1. The molecule has 3 rings (SSSR count). The van der Waals surface area contributed by atoms with Crippen molar-refractivity contribution in [3.8, 4) is 0 Å². The second kappa shape index (κ2) is 9.34. The number of amides is 2. The summed E-state index contributed by atoms with van der Waals surface area (Å²) >= 11 is 1.32. The zero-order chi connectivity index (χ0) is 20.8. The average Bonchev–Trinajstić information content (AvgIpc) is 3.06. The van der Waals surface area contributed by atoms with E-state index in [9.17, 15) is 9.59 Å². The number of aromatic nitrogens is 1. The number of carbonyl (C=O) groups is 2. The van der Waals surface area contributed by atoms with Crippen LogP contribution in [0.15, 0.2) is 48.5 Å². The molecule has 0 aliphatic rings. The van der Waals surface area contributed by atoms with Crippen LogP contribution in [-0.2, 0) is 17.8 Å². The predicted octanol–water partition coefficient (Wildman–Crippen LogP) is 3.91. The van der Waals surface area contributed by atoms with E-state index in [4.69, 9.17) is 0 Å². The third kappa shape index (κ3) is 5.42. The van der Waals surface area contributed by atoms with Crippen LogP contribution in [0.4, 0.5) is 10.8 Å². The highest BCUT2D eigenvalue weighted by molar-refractivity contribution is 7.16. The summed E-state index contributed by atoms with van der Waals surface area (Å²) in [5.74, 6) is -0.298. The molecular formula is C22H24N4O2S. The first-order valence-corrected chi connectivity index (χ1v) is 10.1. The molecule has 0 unspecified atom stereocenters. The number of nitrogens with zero attached hydrogens (tertiary/aromatic N) is 1. The van der Waals surface area contributed by atoms with Crippen molar-refractivity contribution in [2.45, 2.75) is 26.8 Å². The Bertz CT molecular complexity index is 1010. The third-order valence-electron chi connectivity index (χ3n) is 4.56. The summed E-state index contributed by atoms with van der Waals surface area (Å²) in [6.07, 6.45) is 0.262. The van der Waals surface area contributed by atoms with Gasteiger partial charge < -0.3 is 10.6 Å². The molecule has 0 saturated carbocycles. The van der Waals surface area contributed by atoms with Crippen LogP contribution in [0.5, 0.6) is 0 Å². The smallest absolute Gasteiger partial charge is 0.257 e. The minimum atomic E-state index is -0.219. The molecule has 0 radical (unpaired) electrons. The fourth-order valence-corrected chi connectivity index (χ4v) is 3.75. The molecule has 6 nitrogen and oxygen atoms in total. The average molecular weight is 409 g/mol. The fourth-order valence-electron chi connectivity index (χ4n) is 2.79. The van der Waals surface area contributed by atoms with Crippen LogP contribution >= 0.6 is 11.3 Å². The largest absolute Gasteiger partial charge is 0.381 e. The van der Waals surface area contributed by atoms with Crippen molar-refractivity contribution in [2.75, 3.05) is 17.7 Å². The summed E-state index contributed by atoms with van der Waals surface area (Å²) in [5.41, 5.74) is 4.69. The van der Waals surface area contributed by atoms with Gasteiger partial charge in [-0.3, -0.25) is 14.9 Å². The summed E-state index contributed by atoms with van der Waals surface area (Å²) in [5, 5.41) is 9.31. The zero-order valence-corrected chi connectivity index (χ0v) is 17.5. The number of likely N-dealkylation sites (N-methyl/N-ethyl adjacent to an activating group) is 1. The summed E-state index contributed by atoms with van der Waals surface area (Å²) in [6, 6.07) is 15.6. The SMILES string of the molecule is CNC(=O)Cc1sc(NC(=O)c2ccc(CNc3ccccc3C)cc2)nc1C. The molecule has 1 aromatic heterocycles. The first-order valence-electron chi connectivity index (χ1n) is 9.33. The molecule has 7 heteroatoms. The molecule has 2 amide bonds. The minimum Gasteiger partial charge on any atom is -0.381 e. The highest BCUT2D eigenvalue weighted by Crippen LogP contribution is 2.23. The normalized spacial score (nSPS) is 10.4. The van der Waals surface area contributed by atoms with E-state index in [2.05, 4.69) is 33.9 Å². The molecule has 1 heterocycles. The summed E-state index contributed by atoms with van der Waals surface area (Å²) in [4.78, 5) is 29.3. The van der Waals surface area contributed by atoms with Gasteiger partial charge in [0.1, 0.15) is 0 Å². The van der Waals surface area contributed by atoms with Crippen LogP contribution < -0.4 is 16.0 Å². The van der Waals surface area contributed by atoms with Crippen LogP contribution in [0.1, 0.15) is 32.1 Å². The fraction of sp³-hybridized carbons (Fsp3) is 0.227. The first kappa shape index (κ1) is 20.5. The van der Waals surface area contributed by atoms with Crippen molar-refractivity contribution in [3.05, 3.63) is 75.8 Å². The number of rotatable bonds is 7. The van der Waals surface area contributed by atoms with Crippen molar-refractivity contribution in [3.63, 3.8) is 0 Å². The van der Waals surface area contributed by atoms with Gasteiger partial charge in [0.15, 0.2) is 5.13 Å². The lowest BCUT2D eigenvalue weighted by molar-refractivity contribution is -0.119. The van der Waals surface area contributed by atoms with Gasteiger partial charge in [-0.05, 0) is 43.2 Å². The standard InChI is InChI=1S/C22H24N4O2S/c1-14-6-4-5-7-18(14)24-13-16-8-10-17(11-9-16)21(28)26-22-25-15(2)19(29-22)12-20(27)23-3/h4-11,24H,12-13H2,1-3H3,(H,23,27)(H,25,26,28). The third-order valence-corrected chi connectivity index (χ3v) is 5.63. The second-order valence-electron chi connectivity index (χ2n) is 6.70. The first-order chi connectivity index (χ1) is 14.0. The zero-order valence-electron chi connectivity index (χ0n) is 16.7. The maximum atomic E-state index is 12.5. The van der Waals surface area contributed by atoms with E-state index in [1.54, 1.807) is 19.2 Å².